The van der Waals surface area contributed by atoms with Crippen LogP contribution in [0.1, 0.15) is 30.9 Å². The number of ether oxygens (including phenoxy) is 1. The summed E-state index contributed by atoms with van der Waals surface area (Å²) in [6.07, 6.45) is 2.24. The summed E-state index contributed by atoms with van der Waals surface area (Å²) in [4.78, 5) is 0. The minimum Gasteiger partial charge on any atom is -0.491 e. The number of nitrogens with one attached hydrogen (secondary N) is 1. The lowest BCUT2D eigenvalue weighted by Crippen LogP contribution is -2.50. The van der Waals surface area contributed by atoms with Crippen molar-refractivity contribution in [3.8, 4) is 11.8 Å². The van der Waals surface area contributed by atoms with Gasteiger partial charge in [0.2, 0.25) is 0 Å². The Balaban J connectivity index is 2.06. The Kier molecular flexibility index (Phi) is 4.11. The van der Waals surface area contributed by atoms with Gasteiger partial charge in [-0.15, -0.1) is 0 Å². The van der Waals surface area contributed by atoms with Crippen molar-refractivity contribution in [3.63, 3.8) is 0 Å². The van der Waals surface area contributed by atoms with Crippen LogP contribution in [0.25, 0.3) is 0 Å². The summed E-state index contributed by atoms with van der Waals surface area (Å²) in [6, 6.07) is 8.51. The molecular formula is C16H22N2O. The van der Waals surface area contributed by atoms with Crippen molar-refractivity contribution in [1.29, 1.82) is 5.26 Å². The van der Waals surface area contributed by atoms with Gasteiger partial charge < -0.3 is 4.74 Å². The van der Waals surface area contributed by atoms with Crippen LogP contribution in [0.5, 0.6) is 5.75 Å². The van der Waals surface area contributed by atoms with Crippen molar-refractivity contribution >= 4 is 0 Å². The van der Waals surface area contributed by atoms with Crippen LogP contribution in [0.3, 0.4) is 0 Å². The Hall–Kier alpha value is -1.53. The van der Waals surface area contributed by atoms with Crippen LogP contribution in [0.2, 0.25) is 0 Å². The third-order valence-electron chi connectivity index (χ3n) is 3.91. The summed E-state index contributed by atoms with van der Waals surface area (Å²) in [5.41, 5.74) is 1.95. The summed E-state index contributed by atoms with van der Waals surface area (Å²) in [7, 11) is 0. The molecule has 1 aliphatic rings. The first kappa shape index (κ1) is 13.9. The maximum absolute atomic E-state index is 9.50. The molecule has 19 heavy (non-hydrogen) atoms. The second kappa shape index (κ2) is 5.63. The normalized spacial score (nSPS) is 17.6. The molecule has 0 bridgehead atoms. The summed E-state index contributed by atoms with van der Waals surface area (Å²) in [5.74, 6) is 1.28. The van der Waals surface area contributed by atoms with E-state index in [9.17, 15) is 5.26 Å². The molecule has 2 rings (SSSR count). The Labute approximate surface area is 115 Å². The molecule has 1 saturated carbocycles. The smallest absolute Gasteiger partial charge is 0.143 e. The highest BCUT2D eigenvalue weighted by Gasteiger charge is 2.46. The molecule has 0 heterocycles. The number of hydrogen-bond donors (Lipinski definition) is 1. The average molecular weight is 258 g/mol. The second-order valence-corrected chi connectivity index (χ2v) is 5.42. The molecule has 102 valence electrons. The lowest BCUT2D eigenvalue weighted by Gasteiger charge is -2.27. The van der Waals surface area contributed by atoms with Crippen LogP contribution in [0.4, 0.5) is 0 Å². The number of likely N-dealkylation sites (N-methyl/N-ethyl adjacent to an activating group) is 1. The maximum Gasteiger partial charge on any atom is 0.143 e. The number of nitriles is 1. The number of rotatable bonds is 6. The first-order valence-corrected chi connectivity index (χ1v) is 6.97. The molecule has 1 aliphatic carbocycles. The first-order chi connectivity index (χ1) is 9.11. The molecule has 3 nitrogen and oxygen atoms in total. The predicted octanol–water partition coefficient (Wildman–Crippen LogP) is 2.96. The summed E-state index contributed by atoms with van der Waals surface area (Å²) in [6.45, 7) is 7.40. The molecule has 3 heteroatoms. The highest BCUT2D eigenvalue weighted by Crippen LogP contribution is 2.39. The van der Waals surface area contributed by atoms with Gasteiger partial charge in [0.25, 0.3) is 0 Å². The summed E-state index contributed by atoms with van der Waals surface area (Å²) < 4.78 is 5.87. The molecule has 0 aromatic heterocycles. The van der Waals surface area contributed by atoms with Gasteiger partial charge in [0, 0.05) is 0 Å². The van der Waals surface area contributed by atoms with Gasteiger partial charge in [-0.2, -0.15) is 5.26 Å². The summed E-state index contributed by atoms with van der Waals surface area (Å²) >= 11 is 0. The highest BCUT2D eigenvalue weighted by molar-refractivity contribution is 5.34. The number of benzene rings is 1. The van der Waals surface area contributed by atoms with E-state index in [0.29, 0.717) is 12.5 Å². The molecule has 1 aromatic rings. The molecule has 1 N–H and O–H groups in total. The molecule has 0 amide bonds. The average Bonchev–Trinajstić information content (AvgIpc) is 3.23. The van der Waals surface area contributed by atoms with Crippen molar-refractivity contribution in [2.24, 2.45) is 5.92 Å². The van der Waals surface area contributed by atoms with Gasteiger partial charge in [-0.25, -0.2) is 0 Å². The Morgan fingerprint density at radius 2 is 2.11 bits per heavy atom. The van der Waals surface area contributed by atoms with Gasteiger partial charge in [0.1, 0.15) is 17.9 Å². The zero-order chi connectivity index (χ0) is 13.9. The Morgan fingerprint density at radius 1 is 1.37 bits per heavy atom. The number of hydrogen-bond acceptors (Lipinski definition) is 3. The molecule has 1 atom stereocenters. The van der Waals surface area contributed by atoms with E-state index in [1.807, 2.05) is 19.1 Å². The Bertz CT molecular complexity index is 488. The number of nitrogens with zero attached hydrogens (tertiary/aromatic N) is 1. The van der Waals surface area contributed by atoms with Crippen molar-refractivity contribution in [2.45, 2.75) is 39.2 Å². The lowest BCUT2D eigenvalue weighted by molar-refractivity contribution is 0.204. The van der Waals surface area contributed by atoms with Crippen molar-refractivity contribution in [2.75, 3.05) is 13.2 Å². The molecule has 1 aromatic carbocycles. The van der Waals surface area contributed by atoms with Crippen LogP contribution in [-0.4, -0.2) is 18.7 Å². The molecule has 0 radical (unpaired) electrons. The maximum atomic E-state index is 9.50. The third kappa shape index (κ3) is 3.08. The Morgan fingerprint density at radius 3 is 2.63 bits per heavy atom. The lowest BCUT2D eigenvalue weighted by atomic mass is 9.96. The van der Waals surface area contributed by atoms with Gasteiger partial charge in [-0.05, 0) is 62.4 Å². The second-order valence-electron chi connectivity index (χ2n) is 5.42. The fraction of sp³-hybridized carbons (Fsp3) is 0.562. The van der Waals surface area contributed by atoms with E-state index in [-0.39, 0.29) is 0 Å². The van der Waals surface area contributed by atoms with Crippen LogP contribution in [0.15, 0.2) is 18.2 Å². The van der Waals surface area contributed by atoms with Gasteiger partial charge in [-0.1, -0.05) is 13.0 Å². The fourth-order valence-corrected chi connectivity index (χ4v) is 2.37. The van der Waals surface area contributed by atoms with Gasteiger partial charge in [0.05, 0.1) is 6.07 Å². The van der Waals surface area contributed by atoms with Crippen LogP contribution in [0, 0.1) is 31.1 Å². The topological polar surface area (TPSA) is 45.0 Å². The quantitative estimate of drug-likeness (QED) is 0.853. The first-order valence-electron chi connectivity index (χ1n) is 6.97. The summed E-state index contributed by atoms with van der Waals surface area (Å²) in [5, 5.41) is 12.8. The van der Waals surface area contributed by atoms with E-state index in [1.165, 1.54) is 11.1 Å². The minimum atomic E-state index is -0.520. The predicted molar refractivity (Wildman–Crippen MR) is 76.2 cm³/mol. The van der Waals surface area contributed by atoms with Gasteiger partial charge >= 0.3 is 0 Å². The monoisotopic (exact) mass is 258 g/mol. The van der Waals surface area contributed by atoms with Gasteiger partial charge in [0.15, 0.2) is 0 Å². The van der Waals surface area contributed by atoms with E-state index < -0.39 is 5.54 Å². The van der Waals surface area contributed by atoms with Crippen molar-refractivity contribution in [1.82, 2.24) is 5.32 Å². The molecule has 0 spiro atoms. The molecule has 1 unspecified atom stereocenters. The van der Waals surface area contributed by atoms with E-state index in [2.05, 4.69) is 31.3 Å². The zero-order valence-corrected chi connectivity index (χ0v) is 12.0. The van der Waals surface area contributed by atoms with Crippen molar-refractivity contribution in [3.05, 3.63) is 29.3 Å². The van der Waals surface area contributed by atoms with E-state index >= 15 is 0 Å². The van der Waals surface area contributed by atoms with E-state index in [1.54, 1.807) is 0 Å². The number of aryl methyl sites for hydroxylation is 2. The largest absolute Gasteiger partial charge is 0.491 e. The SMILES string of the molecule is CCNC(C#N)(COc1ccc(C)c(C)c1)C1CC1. The van der Waals surface area contributed by atoms with Crippen LogP contribution < -0.4 is 10.1 Å². The van der Waals surface area contributed by atoms with E-state index in [0.717, 1.165) is 25.1 Å². The molecule has 1 fully saturated rings. The molecular weight excluding hydrogens is 236 g/mol. The highest BCUT2D eigenvalue weighted by atomic mass is 16.5. The van der Waals surface area contributed by atoms with Crippen molar-refractivity contribution < 1.29 is 4.74 Å². The zero-order valence-electron chi connectivity index (χ0n) is 12.0. The molecule has 0 saturated heterocycles. The van der Waals surface area contributed by atoms with Gasteiger partial charge in [-0.3, -0.25) is 5.32 Å². The van der Waals surface area contributed by atoms with E-state index in [4.69, 9.17) is 4.74 Å². The minimum absolute atomic E-state index is 0.421. The fourth-order valence-electron chi connectivity index (χ4n) is 2.37. The third-order valence-corrected chi connectivity index (χ3v) is 3.91. The standard InChI is InChI=1S/C16H22N2O/c1-4-18-16(10-17,14-6-7-14)11-19-15-8-5-12(2)13(3)9-15/h5,8-9,14,18H,4,6-7,11H2,1-3H3. The van der Waals surface area contributed by atoms with Crippen LogP contribution >= 0.6 is 0 Å². The van der Waals surface area contributed by atoms with Crippen LogP contribution in [-0.2, 0) is 0 Å². The molecule has 0 aliphatic heterocycles.